The molecule has 0 saturated carbocycles. The number of thioether (sulfide) groups is 1. The van der Waals surface area contributed by atoms with E-state index in [1.54, 1.807) is 12.1 Å². The summed E-state index contributed by atoms with van der Waals surface area (Å²) >= 11 is 1.31. The fourth-order valence-corrected chi connectivity index (χ4v) is 2.30. The summed E-state index contributed by atoms with van der Waals surface area (Å²) in [4.78, 5) is 22.8. The SMILES string of the molecule is CCOc1ccccc1NC(=O)/C=C1/NC(=O)CS1. The van der Waals surface area contributed by atoms with Crippen molar-refractivity contribution in [2.75, 3.05) is 17.7 Å². The second-order valence-corrected chi connectivity index (χ2v) is 4.78. The number of amides is 2. The van der Waals surface area contributed by atoms with Crippen LogP contribution < -0.4 is 15.4 Å². The van der Waals surface area contributed by atoms with Gasteiger partial charge in [-0.2, -0.15) is 0 Å². The van der Waals surface area contributed by atoms with Gasteiger partial charge >= 0.3 is 0 Å². The smallest absolute Gasteiger partial charge is 0.251 e. The molecule has 0 bridgehead atoms. The molecule has 1 heterocycles. The Morgan fingerprint density at radius 3 is 3.00 bits per heavy atom. The molecule has 2 rings (SSSR count). The Hall–Kier alpha value is -1.95. The van der Waals surface area contributed by atoms with Gasteiger partial charge in [-0.3, -0.25) is 9.59 Å². The van der Waals surface area contributed by atoms with E-state index in [0.717, 1.165) is 0 Å². The monoisotopic (exact) mass is 278 g/mol. The van der Waals surface area contributed by atoms with E-state index in [-0.39, 0.29) is 11.8 Å². The van der Waals surface area contributed by atoms with Crippen LogP contribution in [-0.4, -0.2) is 24.2 Å². The van der Waals surface area contributed by atoms with Crippen LogP contribution in [0.3, 0.4) is 0 Å². The molecule has 2 amide bonds. The molecule has 1 aromatic rings. The lowest BCUT2D eigenvalue weighted by Crippen LogP contribution is -2.16. The van der Waals surface area contributed by atoms with Crippen molar-refractivity contribution in [1.82, 2.24) is 5.32 Å². The molecule has 5 nitrogen and oxygen atoms in total. The Balaban J connectivity index is 2.04. The second kappa shape index (κ2) is 6.29. The lowest BCUT2D eigenvalue weighted by molar-refractivity contribution is -0.117. The summed E-state index contributed by atoms with van der Waals surface area (Å²) in [5, 5.41) is 5.90. The second-order valence-electron chi connectivity index (χ2n) is 3.76. The first-order chi connectivity index (χ1) is 9.19. The van der Waals surface area contributed by atoms with Gasteiger partial charge in [-0.25, -0.2) is 0 Å². The number of rotatable bonds is 4. The highest BCUT2D eigenvalue weighted by Gasteiger charge is 2.16. The zero-order valence-electron chi connectivity index (χ0n) is 10.4. The summed E-state index contributed by atoms with van der Waals surface area (Å²) in [6.45, 7) is 2.41. The lowest BCUT2D eigenvalue weighted by atomic mass is 10.3. The van der Waals surface area contributed by atoms with Crippen molar-refractivity contribution in [2.45, 2.75) is 6.92 Å². The topological polar surface area (TPSA) is 67.4 Å². The molecule has 1 aliphatic heterocycles. The number of para-hydroxylation sites is 2. The highest BCUT2D eigenvalue weighted by molar-refractivity contribution is 8.04. The van der Waals surface area contributed by atoms with Crippen LogP contribution in [0.15, 0.2) is 35.4 Å². The Morgan fingerprint density at radius 2 is 2.32 bits per heavy atom. The summed E-state index contributed by atoms with van der Waals surface area (Å²) in [6, 6.07) is 7.21. The van der Waals surface area contributed by atoms with E-state index in [1.165, 1.54) is 17.8 Å². The van der Waals surface area contributed by atoms with Gasteiger partial charge in [-0.15, -0.1) is 0 Å². The minimum Gasteiger partial charge on any atom is -0.492 e. The summed E-state index contributed by atoms with van der Waals surface area (Å²) in [6.07, 6.45) is 1.37. The molecule has 0 unspecified atom stereocenters. The van der Waals surface area contributed by atoms with Crippen molar-refractivity contribution in [3.63, 3.8) is 0 Å². The highest BCUT2D eigenvalue weighted by atomic mass is 32.2. The number of hydrogen-bond donors (Lipinski definition) is 2. The fraction of sp³-hybridized carbons (Fsp3) is 0.231. The standard InChI is InChI=1S/C13H14N2O3S/c1-2-18-10-6-4-3-5-9(10)14-11(16)7-13-15-12(17)8-19-13/h3-7H,2,8H2,1H3,(H,14,16)(H,15,17)/b13-7-. The largest absolute Gasteiger partial charge is 0.492 e. The van der Waals surface area contributed by atoms with Gasteiger partial charge < -0.3 is 15.4 Å². The molecule has 1 aliphatic rings. The molecule has 1 fully saturated rings. The van der Waals surface area contributed by atoms with E-state index in [1.807, 2.05) is 19.1 Å². The maximum atomic E-state index is 11.8. The first-order valence-corrected chi connectivity index (χ1v) is 6.84. The lowest BCUT2D eigenvalue weighted by Gasteiger charge is -2.10. The minimum absolute atomic E-state index is 0.0845. The maximum absolute atomic E-state index is 11.8. The van der Waals surface area contributed by atoms with Crippen LogP contribution in [-0.2, 0) is 9.59 Å². The van der Waals surface area contributed by atoms with Crippen molar-refractivity contribution in [1.29, 1.82) is 0 Å². The van der Waals surface area contributed by atoms with Gasteiger partial charge in [0.2, 0.25) is 5.91 Å². The van der Waals surface area contributed by atoms with Crippen LogP contribution in [0.5, 0.6) is 5.75 Å². The maximum Gasteiger partial charge on any atom is 0.251 e. The normalized spacial score (nSPS) is 16.3. The number of hydrogen-bond acceptors (Lipinski definition) is 4. The van der Waals surface area contributed by atoms with Crippen LogP contribution >= 0.6 is 11.8 Å². The number of nitrogens with one attached hydrogen (secondary N) is 2. The molecular weight excluding hydrogens is 264 g/mol. The zero-order chi connectivity index (χ0) is 13.7. The zero-order valence-corrected chi connectivity index (χ0v) is 11.3. The van der Waals surface area contributed by atoms with E-state index >= 15 is 0 Å². The summed E-state index contributed by atoms with van der Waals surface area (Å²) in [5.74, 6) is 0.602. The number of anilines is 1. The van der Waals surface area contributed by atoms with Gasteiger partial charge in [0.05, 0.1) is 23.1 Å². The summed E-state index contributed by atoms with van der Waals surface area (Å²) < 4.78 is 5.41. The fourth-order valence-electron chi connectivity index (χ4n) is 1.57. The average molecular weight is 278 g/mol. The third-order valence-electron chi connectivity index (χ3n) is 2.33. The minimum atomic E-state index is -0.295. The van der Waals surface area contributed by atoms with Crippen LogP contribution in [0.25, 0.3) is 0 Å². The first-order valence-electron chi connectivity index (χ1n) is 5.86. The predicted molar refractivity (Wildman–Crippen MR) is 74.9 cm³/mol. The van der Waals surface area contributed by atoms with Crippen LogP contribution in [0.4, 0.5) is 5.69 Å². The first kappa shape index (κ1) is 13.5. The highest BCUT2D eigenvalue weighted by Crippen LogP contribution is 2.24. The number of ether oxygens (including phenoxy) is 1. The predicted octanol–water partition coefficient (Wildman–Crippen LogP) is 1.73. The van der Waals surface area contributed by atoms with E-state index < -0.39 is 0 Å². The van der Waals surface area contributed by atoms with Gasteiger partial charge in [-0.1, -0.05) is 23.9 Å². The van der Waals surface area contributed by atoms with Crippen molar-refractivity contribution < 1.29 is 14.3 Å². The molecule has 19 heavy (non-hydrogen) atoms. The third kappa shape index (κ3) is 3.75. The van der Waals surface area contributed by atoms with Gasteiger partial charge in [-0.05, 0) is 19.1 Å². The van der Waals surface area contributed by atoms with Crippen LogP contribution in [0.1, 0.15) is 6.92 Å². The molecule has 1 aromatic carbocycles. The van der Waals surface area contributed by atoms with Gasteiger partial charge in [0.25, 0.3) is 5.91 Å². The number of carbonyl (C=O) groups excluding carboxylic acids is 2. The van der Waals surface area contributed by atoms with E-state index in [9.17, 15) is 9.59 Å². The van der Waals surface area contributed by atoms with Crippen LogP contribution in [0.2, 0.25) is 0 Å². The van der Waals surface area contributed by atoms with Gasteiger partial charge in [0.15, 0.2) is 0 Å². The molecule has 0 atom stereocenters. The Kier molecular flexibility index (Phi) is 4.46. The molecule has 100 valence electrons. The number of benzene rings is 1. The average Bonchev–Trinajstić information content (AvgIpc) is 2.77. The van der Waals surface area contributed by atoms with E-state index in [4.69, 9.17) is 4.74 Å². The Labute approximate surface area is 115 Å². The number of carbonyl (C=O) groups is 2. The van der Waals surface area contributed by atoms with Gasteiger partial charge in [0.1, 0.15) is 5.75 Å². The summed E-state index contributed by atoms with van der Waals surface area (Å²) in [7, 11) is 0. The molecule has 0 radical (unpaired) electrons. The molecular formula is C13H14N2O3S. The van der Waals surface area contributed by atoms with Gasteiger partial charge in [0, 0.05) is 6.08 Å². The quantitative estimate of drug-likeness (QED) is 0.823. The Morgan fingerprint density at radius 1 is 1.53 bits per heavy atom. The molecule has 1 saturated heterocycles. The molecule has 0 spiro atoms. The van der Waals surface area contributed by atoms with Crippen LogP contribution in [0, 0.1) is 0 Å². The van der Waals surface area contributed by atoms with E-state index in [2.05, 4.69) is 10.6 Å². The van der Waals surface area contributed by atoms with Crippen molar-refractivity contribution >= 4 is 29.3 Å². The molecule has 0 aromatic heterocycles. The van der Waals surface area contributed by atoms with Crippen molar-refractivity contribution in [2.24, 2.45) is 0 Å². The van der Waals surface area contributed by atoms with Crippen molar-refractivity contribution in [3.8, 4) is 5.75 Å². The van der Waals surface area contributed by atoms with Crippen molar-refractivity contribution in [3.05, 3.63) is 35.4 Å². The molecule has 0 aliphatic carbocycles. The third-order valence-corrected chi connectivity index (χ3v) is 3.27. The molecule has 6 heteroatoms. The Bertz CT molecular complexity index is 528. The van der Waals surface area contributed by atoms with E-state index in [0.29, 0.717) is 28.8 Å². The summed E-state index contributed by atoms with van der Waals surface area (Å²) in [5.41, 5.74) is 0.612. The molecule has 2 N–H and O–H groups in total.